The maximum absolute atomic E-state index is 12.4. The van der Waals surface area contributed by atoms with Crippen LogP contribution in [-0.2, 0) is 4.79 Å². The standard InChI is InChI=1S/C20H21ClF2N4O4/c21-11-3-4-16-12(7-11)15(28)8-17(31-16)20(30)25-6-2-1-5-24-19(29)14-10-26-13(9-27-14)18(22)23/h3-4,7,9-10,15,17-18,28H,1-2,5-6,8H2,(H,24,29)(H,25,30)/t15-,17-/m1/s1. The molecule has 0 unspecified atom stereocenters. The number of aromatic nitrogens is 2. The van der Waals surface area contributed by atoms with Gasteiger partial charge >= 0.3 is 0 Å². The number of carbonyl (C=O) groups excluding carboxylic acids is 2. The zero-order valence-electron chi connectivity index (χ0n) is 16.4. The Morgan fingerprint density at radius 1 is 1.19 bits per heavy atom. The van der Waals surface area contributed by atoms with Gasteiger partial charge < -0.3 is 20.5 Å². The van der Waals surface area contributed by atoms with E-state index in [1.807, 2.05) is 0 Å². The van der Waals surface area contributed by atoms with Crippen molar-refractivity contribution in [2.24, 2.45) is 0 Å². The molecule has 0 fully saturated rings. The monoisotopic (exact) mass is 454 g/mol. The highest BCUT2D eigenvalue weighted by molar-refractivity contribution is 6.30. The van der Waals surface area contributed by atoms with Crippen LogP contribution >= 0.6 is 11.6 Å². The van der Waals surface area contributed by atoms with Crippen LogP contribution in [0, 0.1) is 0 Å². The number of alkyl halides is 2. The average molecular weight is 455 g/mol. The first-order valence-electron chi connectivity index (χ1n) is 9.65. The maximum atomic E-state index is 12.4. The molecule has 0 aliphatic carbocycles. The lowest BCUT2D eigenvalue weighted by atomic mass is 9.98. The lowest BCUT2D eigenvalue weighted by molar-refractivity contribution is -0.130. The second kappa shape index (κ2) is 10.5. The van der Waals surface area contributed by atoms with E-state index in [-0.39, 0.29) is 18.0 Å². The van der Waals surface area contributed by atoms with Crippen LogP contribution in [0.25, 0.3) is 0 Å². The summed E-state index contributed by atoms with van der Waals surface area (Å²) < 4.78 is 30.5. The van der Waals surface area contributed by atoms with Gasteiger partial charge in [-0.05, 0) is 31.0 Å². The number of halogens is 3. The highest BCUT2D eigenvalue weighted by Crippen LogP contribution is 2.36. The molecule has 3 N–H and O–H groups in total. The molecule has 0 saturated heterocycles. The fourth-order valence-electron chi connectivity index (χ4n) is 3.01. The van der Waals surface area contributed by atoms with E-state index >= 15 is 0 Å². The van der Waals surface area contributed by atoms with Gasteiger partial charge in [-0.1, -0.05) is 11.6 Å². The van der Waals surface area contributed by atoms with Crippen LogP contribution in [0.3, 0.4) is 0 Å². The topological polar surface area (TPSA) is 113 Å². The van der Waals surface area contributed by atoms with Gasteiger partial charge in [0.1, 0.15) is 17.1 Å². The Kier molecular flexibility index (Phi) is 7.69. The Bertz CT molecular complexity index is 930. The zero-order valence-corrected chi connectivity index (χ0v) is 17.1. The summed E-state index contributed by atoms with van der Waals surface area (Å²) in [6.07, 6.45) is -1.23. The van der Waals surface area contributed by atoms with Crippen LogP contribution in [0.4, 0.5) is 8.78 Å². The molecule has 31 heavy (non-hydrogen) atoms. The van der Waals surface area contributed by atoms with Crippen molar-refractivity contribution in [3.63, 3.8) is 0 Å². The summed E-state index contributed by atoms with van der Waals surface area (Å²) in [6.45, 7) is 0.681. The van der Waals surface area contributed by atoms with E-state index < -0.39 is 30.2 Å². The average Bonchev–Trinajstić information content (AvgIpc) is 2.76. The van der Waals surface area contributed by atoms with Gasteiger partial charge in [0.2, 0.25) is 0 Å². The van der Waals surface area contributed by atoms with E-state index in [1.165, 1.54) is 0 Å². The number of hydrogen-bond acceptors (Lipinski definition) is 6. The van der Waals surface area contributed by atoms with Gasteiger partial charge in [-0.15, -0.1) is 0 Å². The molecule has 0 bridgehead atoms. The minimum Gasteiger partial charge on any atom is -0.480 e. The molecule has 1 aliphatic heterocycles. The molecule has 0 spiro atoms. The molecule has 2 heterocycles. The zero-order chi connectivity index (χ0) is 22.4. The smallest absolute Gasteiger partial charge is 0.281 e. The molecule has 0 radical (unpaired) electrons. The summed E-state index contributed by atoms with van der Waals surface area (Å²) in [5.74, 6) is -0.422. The van der Waals surface area contributed by atoms with E-state index in [0.717, 1.165) is 12.4 Å². The lowest BCUT2D eigenvalue weighted by Crippen LogP contribution is -2.41. The number of fused-ring (bicyclic) bond motifs is 1. The summed E-state index contributed by atoms with van der Waals surface area (Å²) >= 11 is 5.92. The summed E-state index contributed by atoms with van der Waals surface area (Å²) in [6, 6.07) is 4.86. The van der Waals surface area contributed by atoms with Gasteiger partial charge in [0.15, 0.2) is 6.10 Å². The molecule has 1 aromatic carbocycles. The van der Waals surface area contributed by atoms with Crippen molar-refractivity contribution in [2.45, 2.75) is 37.9 Å². The minimum absolute atomic E-state index is 0.0488. The summed E-state index contributed by atoms with van der Waals surface area (Å²) in [4.78, 5) is 31.4. The van der Waals surface area contributed by atoms with Crippen molar-refractivity contribution in [1.29, 1.82) is 0 Å². The van der Waals surface area contributed by atoms with Crippen molar-refractivity contribution >= 4 is 23.4 Å². The van der Waals surface area contributed by atoms with Gasteiger partial charge in [0.25, 0.3) is 18.2 Å². The fourth-order valence-corrected chi connectivity index (χ4v) is 3.20. The minimum atomic E-state index is -2.74. The number of unbranched alkanes of at least 4 members (excludes halogenated alkanes) is 1. The van der Waals surface area contributed by atoms with E-state index in [4.69, 9.17) is 16.3 Å². The van der Waals surface area contributed by atoms with Crippen LogP contribution in [0.1, 0.15) is 53.5 Å². The molecule has 11 heteroatoms. The van der Waals surface area contributed by atoms with Crippen LogP contribution in [0.2, 0.25) is 5.02 Å². The first kappa shape index (κ1) is 22.8. The number of aliphatic hydroxyl groups excluding tert-OH is 1. The molecular weight excluding hydrogens is 434 g/mol. The summed E-state index contributed by atoms with van der Waals surface area (Å²) in [5, 5.41) is 16.1. The second-order valence-corrected chi connectivity index (χ2v) is 7.36. The Labute approximate surface area is 182 Å². The van der Waals surface area contributed by atoms with Crippen LogP contribution in [0.15, 0.2) is 30.6 Å². The Balaban J connectivity index is 1.35. The van der Waals surface area contributed by atoms with Gasteiger partial charge in [0, 0.05) is 30.1 Å². The Morgan fingerprint density at radius 3 is 2.61 bits per heavy atom. The summed E-state index contributed by atoms with van der Waals surface area (Å²) in [5.41, 5.74) is 0.0159. The molecule has 8 nitrogen and oxygen atoms in total. The van der Waals surface area contributed by atoms with Crippen molar-refractivity contribution in [3.05, 3.63) is 52.6 Å². The number of rotatable bonds is 8. The SMILES string of the molecule is O=C(NCCCCNC(=O)[C@H]1C[C@@H](O)c2cc(Cl)ccc2O1)c1cnc(C(F)F)cn1. The third-order valence-electron chi connectivity index (χ3n) is 4.65. The maximum Gasteiger partial charge on any atom is 0.281 e. The number of nitrogens with zero attached hydrogens (tertiary/aromatic N) is 2. The third kappa shape index (κ3) is 6.08. The molecular formula is C20H21ClF2N4O4. The molecule has 166 valence electrons. The van der Waals surface area contributed by atoms with Gasteiger partial charge in [-0.25, -0.2) is 13.8 Å². The normalized spacial score (nSPS) is 17.6. The number of hydrogen-bond donors (Lipinski definition) is 3. The molecule has 0 saturated carbocycles. The lowest BCUT2D eigenvalue weighted by Gasteiger charge is -2.28. The molecule has 2 atom stereocenters. The predicted octanol–water partition coefficient (Wildman–Crippen LogP) is 2.58. The van der Waals surface area contributed by atoms with Crippen molar-refractivity contribution in [1.82, 2.24) is 20.6 Å². The summed E-state index contributed by atoms with van der Waals surface area (Å²) in [7, 11) is 0. The van der Waals surface area contributed by atoms with Crippen LogP contribution in [0.5, 0.6) is 5.75 Å². The van der Waals surface area contributed by atoms with Gasteiger partial charge in [-0.3, -0.25) is 14.6 Å². The van der Waals surface area contributed by atoms with Crippen LogP contribution in [-0.4, -0.2) is 46.1 Å². The highest BCUT2D eigenvalue weighted by Gasteiger charge is 2.31. The van der Waals surface area contributed by atoms with E-state index in [0.29, 0.717) is 42.3 Å². The third-order valence-corrected chi connectivity index (χ3v) is 4.88. The van der Waals surface area contributed by atoms with Crippen molar-refractivity contribution in [2.75, 3.05) is 13.1 Å². The predicted molar refractivity (Wildman–Crippen MR) is 107 cm³/mol. The van der Waals surface area contributed by atoms with Gasteiger partial charge in [-0.2, -0.15) is 0 Å². The number of amides is 2. The van der Waals surface area contributed by atoms with E-state index in [9.17, 15) is 23.5 Å². The quantitative estimate of drug-likeness (QED) is 0.528. The number of ether oxygens (including phenoxy) is 1. The molecule has 3 rings (SSSR count). The first-order chi connectivity index (χ1) is 14.8. The molecule has 2 aromatic rings. The number of aliphatic hydroxyl groups is 1. The number of nitrogens with one attached hydrogen (secondary N) is 2. The number of benzene rings is 1. The number of carbonyl (C=O) groups is 2. The van der Waals surface area contributed by atoms with E-state index in [2.05, 4.69) is 20.6 Å². The Hall–Kier alpha value is -2.85. The molecule has 1 aliphatic rings. The Morgan fingerprint density at radius 2 is 1.94 bits per heavy atom. The second-order valence-electron chi connectivity index (χ2n) is 6.92. The van der Waals surface area contributed by atoms with Crippen LogP contribution < -0.4 is 15.4 Å². The molecule has 1 aromatic heterocycles. The molecule has 2 amide bonds. The largest absolute Gasteiger partial charge is 0.480 e. The van der Waals surface area contributed by atoms with Crippen molar-refractivity contribution < 1.29 is 28.2 Å². The van der Waals surface area contributed by atoms with Crippen molar-refractivity contribution in [3.8, 4) is 5.75 Å². The van der Waals surface area contributed by atoms with E-state index in [1.54, 1.807) is 18.2 Å². The van der Waals surface area contributed by atoms with Gasteiger partial charge in [0.05, 0.1) is 18.5 Å². The fraction of sp³-hybridized carbons (Fsp3) is 0.400. The first-order valence-corrected chi connectivity index (χ1v) is 10.0. The highest BCUT2D eigenvalue weighted by atomic mass is 35.5.